The number of aromatic amines is 1. The minimum atomic E-state index is 0.808. The van der Waals surface area contributed by atoms with Crippen molar-refractivity contribution in [3.8, 4) is 0 Å². The van der Waals surface area contributed by atoms with Crippen LogP contribution >= 0.6 is 0 Å². The van der Waals surface area contributed by atoms with E-state index < -0.39 is 0 Å². The first-order valence-corrected chi connectivity index (χ1v) is 6.05. The van der Waals surface area contributed by atoms with Crippen LogP contribution in [0.2, 0.25) is 0 Å². The molecule has 0 amide bonds. The van der Waals surface area contributed by atoms with E-state index in [1.165, 1.54) is 0 Å². The third-order valence-corrected chi connectivity index (χ3v) is 2.69. The van der Waals surface area contributed by atoms with Gasteiger partial charge in [0.2, 0.25) is 0 Å². The molecule has 1 aromatic heterocycles. The topological polar surface area (TPSA) is 44.0 Å². The monoisotopic (exact) mass is 232 g/mol. The van der Waals surface area contributed by atoms with E-state index in [9.17, 15) is 0 Å². The van der Waals surface area contributed by atoms with Gasteiger partial charge in [-0.25, -0.2) is 4.98 Å². The minimum absolute atomic E-state index is 0.808. The van der Waals surface area contributed by atoms with Crippen LogP contribution in [0.3, 0.4) is 0 Å². The normalized spacial score (nSPS) is 11.5. The van der Waals surface area contributed by atoms with E-state index in [0.29, 0.717) is 0 Å². The van der Waals surface area contributed by atoms with Crippen molar-refractivity contribution in [3.05, 3.63) is 30.1 Å². The molecule has 4 nitrogen and oxygen atoms in total. The summed E-state index contributed by atoms with van der Waals surface area (Å²) in [6.45, 7) is 2.95. The number of para-hydroxylation sites is 2. The Bertz CT molecular complexity index is 428. The molecular weight excluding hydrogens is 212 g/mol. The number of rotatable bonds is 6. The second-order valence-electron chi connectivity index (χ2n) is 4.53. The molecule has 17 heavy (non-hydrogen) atoms. The lowest BCUT2D eigenvalue weighted by Gasteiger charge is -2.08. The van der Waals surface area contributed by atoms with Crippen molar-refractivity contribution < 1.29 is 0 Å². The van der Waals surface area contributed by atoms with Crippen LogP contribution < -0.4 is 5.32 Å². The zero-order valence-corrected chi connectivity index (χ0v) is 10.5. The zero-order valence-electron chi connectivity index (χ0n) is 10.5. The van der Waals surface area contributed by atoms with Gasteiger partial charge in [-0.3, -0.25) is 0 Å². The van der Waals surface area contributed by atoms with Gasteiger partial charge in [0.05, 0.1) is 17.6 Å². The summed E-state index contributed by atoms with van der Waals surface area (Å²) in [6.07, 6.45) is 1.16. The molecule has 0 saturated heterocycles. The quantitative estimate of drug-likeness (QED) is 0.744. The molecule has 0 unspecified atom stereocenters. The van der Waals surface area contributed by atoms with E-state index in [0.717, 1.165) is 42.9 Å². The largest absolute Gasteiger partial charge is 0.341 e. The molecule has 1 aromatic carbocycles. The van der Waals surface area contributed by atoms with Crippen molar-refractivity contribution in [2.24, 2.45) is 0 Å². The molecule has 2 N–H and O–H groups in total. The predicted molar refractivity (Wildman–Crippen MR) is 71.0 cm³/mol. The van der Waals surface area contributed by atoms with Crippen LogP contribution in [0.15, 0.2) is 24.3 Å². The van der Waals surface area contributed by atoms with Crippen LogP contribution in [0.1, 0.15) is 12.2 Å². The van der Waals surface area contributed by atoms with Gasteiger partial charge in [0.1, 0.15) is 5.82 Å². The fraction of sp³-hybridized carbons (Fsp3) is 0.462. The number of benzene rings is 1. The summed E-state index contributed by atoms with van der Waals surface area (Å²) < 4.78 is 0. The summed E-state index contributed by atoms with van der Waals surface area (Å²) >= 11 is 0. The fourth-order valence-electron chi connectivity index (χ4n) is 1.82. The highest BCUT2D eigenvalue weighted by Crippen LogP contribution is 2.09. The number of imidazole rings is 1. The summed E-state index contributed by atoms with van der Waals surface area (Å²) in [5, 5.41) is 3.40. The molecule has 92 valence electrons. The number of hydrogen-bond acceptors (Lipinski definition) is 3. The predicted octanol–water partition coefficient (Wildman–Crippen LogP) is 1.60. The first kappa shape index (κ1) is 12.1. The summed E-state index contributed by atoms with van der Waals surface area (Å²) in [4.78, 5) is 10.0. The number of fused-ring (bicyclic) bond motifs is 1. The molecule has 4 heteroatoms. The Labute approximate surface area is 102 Å². The molecule has 0 aliphatic rings. The van der Waals surface area contributed by atoms with Crippen LogP contribution in [0.25, 0.3) is 11.0 Å². The third kappa shape index (κ3) is 3.54. The molecule has 0 spiro atoms. The average Bonchev–Trinajstić information content (AvgIpc) is 2.70. The van der Waals surface area contributed by atoms with Gasteiger partial charge in [0, 0.05) is 0 Å². The number of aromatic nitrogens is 2. The number of H-pyrrole nitrogens is 1. The van der Waals surface area contributed by atoms with E-state index in [-0.39, 0.29) is 0 Å². The van der Waals surface area contributed by atoms with Crippen LogP contribution in [-0.2, 0) is 6.54 Å². The zero-order chi connectivity index (χ0) is 12.1. The first-order valence-electron chi connectivity index (χ1n) is 6.05. The Balaban J connectivity index is 1.79. The van der Waals surface area contributed by atoms with Gasteiger partial charge in [0.25, 0.3) is 0 Å². The Morgan fingerprint density at radius 2 is 2.12 bits per heavy atom. The maximum atomic E-state index is 4.52. The highest BCUT2D eigenvalue weighted by atomic mass is 15.1. The molecule has 0 aliphatic carbocycles. The van der Waals surface area contributed by atoms with Gasteiger partial charge in [-0.05, 0) is 45.7 Å². The van der Waals surface area contributed by atoms with Gasteiger partial charge in [0.15, 0.2) is 0 Å². The lowest BCUT2D eigenvalue weighted by atomic mass is 10.3. The van der Waals surface area contributed by atoms with Crippen molar-refractivity contribution in [1.29, 1.82) is 0 Å². The van der Waals surface area contributed by atoms with Gasteiger partial charge < -0.3 is 15.2 Å². The smallest absolute Gasteiger partial charge is 0.121 e. The van der Waals surface area contributed by atoms with E-state index >= 15 is 0 Å². The van der Waals surface area contributed by atoms with E-state index in [1.807, 2.05) is 18.2 Å². The second-order valence-corrected chi connectivity index (χ2v) is 4.53. The molecular formula is C13H20N4. The van der Waals surface area contributed by atoms with Crippen molar-refractivity contribution in [3.63, 3.8) is 0 Å². The van der Waals surface area contributed by atoms with Gasteiger partial charge in [-0.2, -0.15) is 0 Å². The van der Waals surface area contributed by atoms with Gasteiger partial charge in [-0.15, -0.1) is 0 Å². The summed E-state index contributed by atoms with van der Waals surface area (Å²) in [5.74, 6) is 1.01. The molecule has 2 rings (SSSR count). The molecule has 0 saturated carbocycles. The number of nitrogens with one attached hydrogen (secondary N) is 2. The molecule has 0 radical (unpaired) electrons. The minimum Gasteiger partial charge on any atom is -0.341 e. The van der Waals surface area contributed by atoms with E-state index in [2.05, 4.69) is 40.3 Å². The molecule has 1 heterocycles. The standard InChI is InChI=1S/C13H20N4/c1-17(2)9-5-8-14-10-13-15-11-6-3-4-7-12(11)16-13/h3-4,6-7,14H,5,8-10H2,1-2H3,(H,15,16). The molecule has 0 fully saturated rings. The van der Waals surface area contributed by atoms with Crippen molar-refractivity contribution >= 4 is 11.0 Å². The van der Waals surface area contributed by atoms with Gasteiger partial charge in [-0.1, -0.05) is 12.1 Å². The van der Waals surface area contributed by atoms with Crippen LogP contribution in [-0.4, -0.2) is 42.1 Å². The van der Waals surface area contributed by atoms with Crippen molar-refractivity contribution in [1.82, 2.24) is 20.2 Å². The molecule has 0 bridgehead atoms. The van der Waals surface area contributed by atoms with E-state index in [4.69, 9.17) is 0 Å². The van der Waals surface area contributed by atoms with Crippen molar-refractivity contribution in [2.75, 3.05) is 27.2 Å². The lowest BCUT2D eigenvalue weighted by molar-refractivity contribution is 0.394. The number of nitrogens with zero attached hydrogens (tertiary/aromatic N) is 2. The number of hydrogen-bond donors (Lipinski definition) is 2. The highest BCUT2D eigenvalue weighted by Gasteiger charge is 2.00. The molecule has 2 aromatic rings. The first-order chi connectivity index (χ1) is 8.25. The Kier molecular flexibility index (Phi) is 4.12. The summed E-state index contributed by atoms with van der Waals surface area (Å²) in [7, 11) is 4.19. The fourth-order valence-corrected chi connectivity index (χ4v) is 1.82. The Morgan fingerprint density at radius 3 is 2.88 bits per heavy atom. The summed E-state index contributed by atoms with van der Waals surface area (Å²) in [5.41, 5.74) is 2.15. The van der Waals surface area contributed by atoms with Crippen LogP contribution in [0.5, 0.6) is 0 Å². The third-order valence-electron chi connectivity index (χ3n) is 2.69. The van der Waals surface area contributed by atoms with Crippen LogP contribution in [0, 0.1) is 0 Å². The summed E-state index contributed by atoms with van der Waals surface area (Å²) in [6, 6.07) is 8.12. The maximum absolute atomic E-state index is 4.52. The Hall–Kier alpha value is -1.39. The van der Waals surface area contributed by atoms with Gasteiger partial charge >= 0.3 is 0 Å². The van der Waals surface area contributed by atoms with Crippen LogP contribution in [0.4, 0.5) is 0 Å². The maximum Gasteiger partial charge on any atom is 0.121 e. The lowest BCUT2D eigenvalue weighted by Crippen LogP contribution is -2.21. The highest BCUT2D eigenvalue weighted by molar-refractivity contribution is 5.74. The molecule has 0 atom stereocenters. The average molecular weight is 232 g/mol. The molecule has 0 aliphatic heterocycles. The Morgan fingerprint density at radius 1 is 1.29 bits per heavy atom. The van der Waals surface area contributed by atoms with E-state index in [1.54, 1.807) is 0 Å². The SMILES string of the molecule is CN(C)CCCNCc1nc2ccccc2[nH]1. The second kappa shape index (κ2) is 5.80. The van der Waals surface area contributed by atoms with Crippen molar-refractivity contribution in [2.45, 2.75) is 13.0 Å².